The Morgan fingerprint density at radius 1 is 1.21 bits per heavy atom. The monoisotopic (exact) mass is 399 g/mol. The highest BCUT2D eigenvalue weighted by atomic mass is 32.2. The summed E-state index contributed by atoms with van der Waals surface area (Å²) in [5, 5.41) is 9.14. The minimum absolute atomic E-state index is 0.0646. The number of aryl methyl sites for hydroxylation is 2. The third-order valence-corrected chi connectivity index (χ3v) is 6.10. The van der Waals surface area contributed by atoms with Gasteiger partial charge in [-0.3, -0.25) is 4.98 Å². The molecule has 1 amide bonds. The van der Waals surface area contributed by atoms with Crippen LogP contribution in [0, 0.1) is 13.8 Å². The van der Waals surface area contributed by atoms with Crippen LogP contribution >= 0.6 is 0 Å². The molecule has 0 aliphatic carbocycles. The predicted octanol–water partition coefficient (Wildman–Crippen LogP) is 3.51. The van der Waals surface area contributed by atoms with E-state index in [9.17, 15) is 13.2 Å². The maximum atomic E-state index is 13.2. The van der Waals surface area contributed by atoms with Crippen LogP contribution < -0.4 is 0 Å². The molecule has 8 heteroatoms. The highest BCUT2D eigenvalue weighted by Crippen LogP contribution is 2.30. The Kier molecular flexibility index (Phi) is 5.24. The lowest BCUT2D eigenvalue weighted by atomic mass is 10.0. The van der Waals surface area contributed by atoms with Gasteiger partial charge in [0.1, 0.15) is 4.90 Å². The minimum Gasteiger partial charge on any atom is -0.465 e. The van der Waals surface area contributed by atoms with Crippen LogP contribution in [-0.4, -0.2) is 40.5 Å². The van der Waals surface area contributed by atoms with Gasteiger partial charge in [0.25, 0.3) is 10.0 Å². The molecule has 146 valence electrons. The molecule has 28 heavy (non-hydrogen) atoms. The van der Waals surface area contributed by atoms with Gasteiger partial charge in [0.05, 0.1) is 12.2 Å². The van der Waals surface area contributed by atoms with Crippen molar-refractivity contribution in [2.75, 3.05) is 7.05 Å². The molecule has 0 saturated heterocycles. The number of amides is 1. The van der Waals surface area contributed by atoms with Crippen molar-refractivity contribution in [2.24, 2.45) is 0 Å². The molecule has 7 nitrogen and oxygen atoms in total. The molecule has 0 aliphatic heterocycles. The normalized spacial score (nSPS) is 11.4. The Hall–Kier alpha value is -3.13. The van der Waals surface area contributed by atoms with Crippen LogP contribution in [0.5, 0.6) is 0 Å². The number of pyridine rings is 1. The van der Waals surface area contributed by atoms with E-state index in [4.69, 9.17) is 5.11 Å². The highest BCUT2D eigenvalue weighted by molar-refractivity contribution is 7.90. The van der Waals surface area contributed by atoms with Crippen molar-refractivity contribution in [3.8, 4) is 11.3 Å². The second-order valence-corrected chi connectivity index (χ2v) is 8.50. The molecule has 0 unspecified atom stereocenters. The molecule has 0 fully saturated rings. The summed E-state index contributed by atoms with van der Waals surface area (Å²) in [6.07, 6.45) is 3.18. The van der Waals surface area contributed by atoms with Crippen molar-refractivity contribution < 1.29 is 18.3 Å². The third-order valence-electron chi connectivity index (χ3n) is 4.44. The Morgan fingerprint density at radius 2 is 1.96 bits per heavy atom. The van der Waals surface area contributed by atoms with Crippen molar-refractivity contribution >= 4 is 16.1 Å². The summed E-state index contributed by atoms with van der Waals surface area (Å²) in [7, 11) is -2.46. The summed E-state index contributed by atoms with van der Waals surface area (Å²) in [4.78, 5) is 16.2. The van der Waals surface area contributed by atoms with Crippen molar-refractivity contribution in [2.45, 2.75) is 25.3 Å². The fourth-order valence-corrected chi connectivity index (χ4v) is 4.39. The first-order valence-electron chi connectivity index (χ1n) is 8.58. The molecule has 0 saturated carbocycles. The van der Waals surface area contributed by atoms with E-state index in [1.807, 2.05) is 32.0 Å². The van der Waals surface area contributed by atoms with Crippen molar-refractivity contribution in [1.82, 2.24) is 13.9 Å². The van der Waals surface area contributed by atoms with E-state index in [0.29, 0.717) is 11.3 Å². The number of nitrogens with zero attached hydrogens (tertiary/aromatic N) is 3. The maximum absolute atomic E-state index is 13.2. The Morgan fingerprint density at radius 3 is 2.57 bits per heavy atom. The van der Waals surface area contributed by atoms with Gasteiger partial charge in [0.2, 0.25) is 0 Å². The largest absolute Gasteiger partial charge is 0.465 e. The maximum Gasteiger partial charge on any atom is 0.407 e. The van der Waals surface area contributed by atoms with E-state index < -0.39 is 16.1 Å². The quantitative estimate of drug-likeness (QED) is 0.709. The molecule has 0 bridgehead atoms. The van der Waals surface area contributed by atoms with Gasteiger partial charge in [-0.1, -0.05) is 23.8 Å². The summed E-state index contributed by atoms with van der Waals surface area (Å²) in [6.45, 7) is 3.96. The second-order valence-electron chi connectivity index (χ2n) is 6.68. The van der Waals surface area contributed by atoms with E-state index in [2.05, 4.69) is 4.98 Å². The van der Waals surface area contributed by atoms with Gasteiger partial charge in [-0.15, -0.1) is 0 Å². The Labute approximate surface area is 163 Å². The average Bonchev–Trinajstić information content (AvgIpc) is 3.06. The zero-order valence-electron chi connectivity index (χ0n) is 15.8. The zero-order valence-corrected chi connectivity index (χ0v) is 16.6. The minimum atomic E-state index is -3.89. The van der Waals surface area contributed by atoms with E-state index in [1.165, 1.54) is 35.7 Å². The average molecular weight is 399 g/mol. The van der Waals surface area contributed by atoms with E-state index in [0.717, 1.165) is 21.6 Å². The van der Waals surface area contributed by atoms with Crippen LogP contribution in [0.1, 0.15) is 16.7 Å². The first-order valence-corrected chi connectivity index (χ1v) is 10.0. The van der Waals surface area contributed by atoms with E-state index >= 15 is 0 Å². The SMILES string of the molecule is Cc1ccc(-c2cc(CN(C)C(=O)O)cn2S(=O)(=O)c2cccnc2)c(C)c1. The lowest BCUT2D eigenvalue weighted by molar-refractivity contribution is 0.154. The summed E-state index contributed by atoms with van der Waals surface area (Å²) in [6, 6.07) is 10.5. The summed E-state index contributed by atoms with van der Waals surface area (Å²) in [5.74, 6) is 0. The number of carbonyl (C=O) groups is 1. The highest BCUT2D eigenvalue weighted by Gasteiger charge is 2.23. The topological polar surface area (TPSA) is 92.5 Å². The van der Waals surface area contributed by atoms with Gasteiger partial charge in [-0.2, -0.15) is 0 Å². The van der Waals surface area contributed by atoms with Crippen LogP contribution in [0.3, 0.4) is 0 Å². The fourth-order valence-electron chi connectivity index (χ4n) is 3.03. The molecular weight excluding hydrogens is 378 g/mol. The molecule has 0 spiro atoms. The number of rotatable bonds is 5. The van der Waals surface area contributed by atoms with Gasteiger partial charge in [0, 0.05) is 31.2 Å². The number of hydrogen-bond acceptors (Lipinski definition) is 4. The number of aromatic nitrogens is 2. The van der Waals surface area contributed by atoms with E-state index in [1.54, 1.807) is 12.1 Å². The summed E-state index contributed by atoms with van der Waals surface area (Å²) < 4.78 is 27.7. The predicted molar refractivity (Wildman–Crippen MR) is 106 cm³/mol. The molecule has 0 radical (unpaired) electrons. The molecule has 2 heterocycles. The molecule has 3 rings (SSSR count). The van der Waals surface area contributed by atoms with Crippen molar-refractivity contribution in [1.29, 1.82) is 0 Å². The van der Waals surface area contributed by atoms with Crippen LogP contribution in [0.2, 0.25) is 0 Å². The molecule has 0 atom stereocenters. The Balaban J connectivity index is 2.19. The number of hydrogen-bond donors (Lipinski definition) is 1. The first kappa shape index (κ1) is 19.6. The van der Waals surface area contributed by atoms with Crippen molar-refractivity contribution in [3.63, 3.8) is 0 Å². The van der Waals surface area contributed by atoms with Crippen molar-refractivity contribution in [3.05, 3.63) is 71.7 Å². The third kappa shape index (κ3) is 3.77. The van der Waals surface area contributed by atoms with Crippen LogP contribution in [0.15, 0.2) is 59.9 Å². The number of carboxylic acid groups (broad SMARTS) is 1. The van der Waals surface area contributed by atoms with Crippen LogP contribution in [0.4, 0.5) is 4.79 Å². The zero-order chi connectivity index (χ0) is 20.5. The first-order chi connectivity index (χ1) is 13.2. The summed E-state index contributed by atoms with van der Waals surface area (Å²) >= 11 is 0. The molecule has 1 aromatic carbocycles. The fraction of sp³-hybridized carbons (Fsp3) is 0.200. The smallest absolute Gasteiger partial charge is 0.407 e. The molecule has 2 aromatic heterocycles. The molecule has 0 aliphatic rings. The van der Waals surface area contributed by atoms with Gasteiger partial charge in [0.15, 0.2) is 0 Å². The second kappa shape index (κ2) is 7.47. The van der Waals surface area contributed by atoms with Crippen LogP contribution in [-0.2, 0) is 16.6 Å². The molecular formula is C20H21N3O4S. The van der Waals surface area contributed by atoms with E-state index in [-0.39, 0.29) is 11.4 Å². The lowest BCUT2D eigenvalue weighted by Crippen LogP contribution is -2.23. The van der Waals surface area contributed by atoms with Gasteiger partial charge >= 0.3 is 6.09 Å². The molecule has 1 N–H and O–H groups in total. The standard InChI is InChI=1S/C20H21N3O4S/c1-14-6-7-18(15(2)9-14)19-10-16(12-22(3)20(24)25)13-23(19)28(26,27)17-5-4-8-21-11-17/h4-11,13H,12H2,1-3H3,(H,24,25). The van der Waals surface area contributed by atoms with Gasteiger partial charge in [-0.25, -0.2) is 17.2 Å². The summed E-state index contributed by atoms with van der Waals surface area (Å²) in [5.41, 5.74) is 3.82. The Bertz CT molecular complexity index is 1120. The number of benzene rings is 1. The van der Waals surface area contributed by atoms with Crippen LogP contribution in [0.25, 0.3) is 11.3 Å². The lowest BCUT2D eigenvalue weighted by Gasteiger charge is -2.12. The van der Waals surface area contributed by atoms with Gasteiger partial charge in [-0.05, 0) is 43.2 Å². The molecule has 3 aromatic rings. The van der Waals surface area contributed by atoms with Gasteiger partial charge < -0.3 is 10.0 Å².